The fourth-order valence-corrected chi connectivity index (χ4v) is 5.60. The molecule has 2 fully saturated rings. The van der Waals surface area contributed by atoms with E-state index in [1.165, 1.54) is 14.0 Å². The highest BCUT2D eigenvalue weighted by Gasteiger charge is 2.57. The quantitative estimate of drug-likeness (QED) is 0.128. The van der Waals surface area contributed by atoms with Crippen LogP contribution in [0.25, 0.3) is 0 Å². The third-order valence-corrected chi connectivity index (χ3v) is 8.77. The molecular formula is C30H54N2O13. The molecule has 45 heavy (non-hydrogen) atoms. The molecule has 0 radical (unpaired) electrons. The van der Waals surface area contributed by atoms with Gasteiger partial charge >= 0.3 is 12.1 Å². The number of aliphatic hydroxyl groups excluding tert-OH is 3. The molecule has 2 aliphatic heterocycles. The van der Waals surface area contributed by atoms with Crippen molar-refractivity contribution in [2.45, 2.75) is 153 Å². The van der Waals surface area contributed by atoms with Gasteiger partial charge in [0.15, 0.2) is 12.4 Å². The molecule has 10 unspecified atom stereocenters. The topological polar surface area (TPSA) is 212 Å². The molecule has 0 aliphatic carbocycles. The molecule has 2 saturated heterocycles. The lowest BCUT2D eigenvalue weighted by Gasteiger charge is -2.51. The zero-order chi connectivity index (χ0) is 34.1. The zero-order valence-electron chi connectivity index (χ0n) is 27.7. The van der Waals surface area contributed by atoms with Gasteiger partial charge in [-0.3, -0.25) is 4.79 Å². The summed E-state index contributed by atoms with van der Waals surface area (Å²) in [5, 5.41) is 49.2. The maximum absolute atomic E-state index is 12.4. The normalized spacial score (nSPS) is 32.5. The van der Waals surface area contributed by atoms with E-state index < -0.39 is 96.9 Å². The number of hydrogen-bond acceptors (Lipinski definition) is 12. The molecule has 0 saturated carbocycles. The number of carboxylic acid groups (broad SMARTS) is 1. The summed E-state index contributed by atoms with van der Waals surface area (Å²) in [7, 11) is 1.41. The standard InChI is InChI=1S/C30H54N2O13/c1-9-13-14-31-28(39)41-15-17-22(45-29(6,7)10-2)19(34)18(32-16(5)33)27(42-17)44-23-20(35)21(36)25(43-24(23)26(37)38)30(11-3,12-4)40-8/h17-25,27,34-36H,9-15H2,1-8H3,(H,31,39)(H,32,33)(H,37,38). The number of amides is 2. The average molecular weight is 651 g/mol. The number of ether oxygens (including phenoxy) is 6. The van der Waals surface area contributed by atoms with E-state index in [1.54, 1.807) is 27.7 Å². The first-order chi connectivity index (χ1) is 21.1. The van der Waals surface area contributed by atoms with Crippen molar-refractivity contribution in [3.05, 3.63) is 0 Å². The van der Waals surface area contributed by atoms with Gasteiger partial charge < -0.3 is 59.5 Å². The number of carbonyl (C=O) groups excluding carboxylic acids is 2. The van der Waals surface area contributed by atoms with E-state index >= 15 is 0 Å². The maximum Gasteiger partial charge on any atom is 0.407 e. The van der Waals surface area contributed by atoms with E-state index in [1.807, 2.05) is 13.8 Å². The second kappa shape index (κ2) is 17.2. The fraction of sp³-hybridized carbons (Fsp3) is 0.900. The van der Waals surface area contributed by atoms with Gasteiger partial charge in [0.25, 0.3) is 0 Å². The van der Waals surface area contributed by atoms with Crippen LogP contribution in [0.2, 0.25) is 0 Å². The lowest BCUT2D eigenvalue weighted by molar-refractivity contribution is -0.336. The van der Waals surface area contributed by atoms with Crippen LogP contribution in [0.1, 0.15) is 80.6 Å². The van der Waals surface area contributed by atoms with Gasteiger partial charge in [-0.05, 0) is 39.5 Å². The Morgan fingerprint density at radius 1 is 0.911 bits per heavy atom. The first-order valence-corrected chi connectivity index (χ1v) is 15.8. The van der Waals surface area contributed by atoms with E-state index in [4.69, 9.17) is 28.4 Å². The molecule has 0 spiro atoms. The van der Waals surface area contributed by atoms with Crippen molar-refractivity contribution in [1.82, 2.24) is 10.6 Å². The minimum Gasteiger partial charge on any atom is -0.479 e. The molecule has 0 aromatic heterocycles. The van der Waals surface area contributed by atoms with Crippen molar-refractivity contribution >= 4 is 18.0 Å². The van der Waals surface area contributed by atoms with Gasteiger partial charge in [-0.25, -0.2) is 9.59 Å². The van der Waals surface area contributed by atoms with Crippen molar-refractivity contribution in [2.75, 3.05) is 20.3 Å². The summed E-state index contributed by atoms with van der Waals surface area (Å²) in [5.74, 6) is -2.06. The van der Waals surface area contributed by atoms with Crippen molar-refractivity contribution in [3.8, 4) is 0 Å². The lowest BCUT2D eigenvalue weighted by Crippen LogP contribution is -2.70. The Morgan fingerprint density at radius 2 is 1.56 bits per heavy atom. The van der Waals surface area contributed by atoms with Gasteiger partial charge in [0, 0.05) is 20.6 Å². The van der Waals surface area contributed by atoms with Gasteiger partial charge in [0.1, 0.15) is 55.4 Å². The predicted molar refractivity (Wildman–Crippen MR) is 159 cm³/mol. The highest BCUT2D eigenvalue weighted by atomic mass is 16.7. The van der Waals surface area contributed by atoms with Gasteiger partial charge in [-0.2, -0.15) is 0 Å². The first-order valence-electron chi connectivity index (χ1n) is 15.8. The van der Waals surface area contributed by atoms with Crippen LogP contribution < -0.4 is 10.6 Å². The minimum absolute atomic E-state index is 0.345. The number of alkyl carbamates (subject to hydrolysis) is 1. The monoisotopic (exact) mass is 650 g/mol. The van der Waals surface area contributed by atoms with E-state index in [2.05, 4.69) is 10.6 Å². The highest BCUT2D eigenvalue weighted by Crippen LogP contribution is 2.37. The number of carboxylic acids is 1. The summed E-state index contributed by atoms with van der Waals surface area (Å²) in [6.07, 6.45) is -11.4. The van der Waals surface area contributed by atoms with Crippen LogP contribution in [0.15, 0.2) is 0 Å². The second-order valence-electron chi connectivity index (χ2n) is 12.2. The molecule has 0 aromatic rings. The third-order valence-electron chi connectivity index (χ3n) is 8.77. The Balaban J connectivity index is 2.45. The number of aliphatic hydroxyl groups is 3. The molecule has 2 heterocycles. The van der Waals surface area contributed by atoms with E-state index in [9.17, 15) is 34.8 Å². The number of hydrogen-bond donors (Lipinski definition) is 6. The highest BCUT2D eigenvalue weighted by molar-refractivity contribution is 5.74. The Morgan fingerprint density at radius 3 is 2.07 bits per heavy atom. The number of nitrogens with one attached hydrogen (secondary N) is 2. The SMILES string of the molecule is CCCCNC(=O)OCC1OC(OC2C(C(=O)O)OC(C(CC)(CC)OC)C(O)C2O)C(NC(C)=O)C(O)C1OC(C)(C)CC. The maximum atomic E-state index is 12.4. The van der Waals surface area contributed by atoms with Gasteiger partial charge in [-0.15, -0.1) is 0 Å². The molecule has 10 atom stereocenters. The Bertz CT molecular complexity index is 954. The Kier molecular flexibility index (Phi) is 14.9. The predicted octanol–water partition coefficient (Wildman–Crippen LogP) is 0.841. The molecule has 2 aliphatic rings. The first kappa shape index (κ1) is 39.1. The zero-order valence-corrected chi connectivity index (χ0v) is 27.7. The van der Waals surface area contributed by atoms with Crippen LogP contribution in [0, 0.1) is 0 Å². The molecule has 0 bridgehead atoms. The molecular weight excluding hydrogens is 596 g/mol. The van der Waals surface area contributed by atoms with Crippen LogP contribution in [0.4, 0.5) is 4.79 Å². The fourth-order valence-electron chi connectivity index (χ4n) is 5.60. The smallest absolute Gasteiger partial charge is 0.407 e. The summed E-state index contributed by atoms with van der Waals surface area (Å²) in [6.45, 7) is 12.2. The Hall–Kier alpha value is -2.11. The molecule has 6 N–H and O–H groups in total. The van der Waals surface area contributed by atoms with E-state index in [0.717, 1.165) is 12.8 Å². The summed E-state index contributed by atoms with van der Waals surface area (Å²) >= 11 is 0. The number of methoxy groups -OCH3 is 1. The average Bonchev–Trinajstić information content (AvgIpc) is 2.99. The summed E-state index contributed by atoms with van der Waals surface area (Å²) in [6, 6.07) is -1.32. The van der Waals surface area contributed by atoms with Crippen LogP contribution >= 0.6 is 0 Å². The molecule has 0 aromatic carbocycles. The van der Waals surface area contributed by atoms with Crippen molar-refractivity contribution in [1.29, 1.82) is 0 Å². The van der Waals surface area contributed by atoms with E-state index in [-0.39, 0.29) is 0 Å². The Labute approximate surface area is 265 Å². The van der Waals surface area contributed by atoms with Gasteiger partial charge in [0.2, 0.25) is 5.91 Å². The van der Waals surface area contributed by atoms with Crippen LogP contribution in [-0.4, -0.2) is 131 Å². The summed E-state index contributed by atoms with van der Waals surface area (Å²) < 4.78 is 35.2. The van der Waals surface area contributed by atoms with E-state index in [0.29, 0.717) is 25.8 Å². The van der Waals surface area contributed by atoms with Gasteiger partial charge in [-0.1, -0.05) is 34.1 Å². The lowest BCUT2D eigenvalue weighted by atomic mass is 9.81. The largest absolute Gasteiger partial charge is 0.479 e. The minimum atomic E-state index is -1.80. The van der Waals surface area contributed by atoms with Crippen LogP contribution in [0.3, 0.4) is 0 Å². The van der Waals surface area contributed by atoms with Crippen LogP contribution in [0.5, 0.6) is 0 Å². The summed E-state index contributed by atoms with van der Waals surface area (Å²) in [4.78, 5) is 37.0. The molecule has 15 nitrogen and oxygen atoms in total. The second-order valence-corrected chi connectivity index (χ2v) is 12.2. The molecule has 15 heteroatoms. The number of rotatable bonds is 16. The molecule has 2 rings (SSSR count). The number of unbranched alkanes of at least 4 members (excludes halogenated alkanes) is 1. The molecule has 2 amide bonds. The van der Waals surface area contributed by atoms with Crippen molar-refractivity contribution in [3.63, 3.8) is 0 Å². The number of carbonyl (C=O) groups is 3. The van der Waals surface area contributed by atoms with Crippen LogP contribution in [-0.2, 0) is 38.0 Å². The summed E-state index contributed by atoms with van der Waals surface area (Å²) in [5.41, 5.74) is -1.87. The molecule has 262 valence electrons. The van der Waals surface area contributed by atoms with Gasteiger partial charge in [0.05, 0.1) is 11.2 Å². The third kappa shape index (κ3) is 9.70. The van der Waals surface area contributed by atoms with Crippen molar-refractivity contribution in [2.24, 2.45) is 0 Å². The number of aliphatic carboxylic acids is 1. The van der Waals surface area contributed by atoms with Crippen molar-refractivity contribution < 1.29 is 63.2 Å².